The molecule has 27 heavy (non-hydrogen) atoms. The van der Waals surface area contributed by atoms with Crippen molar-refractivity contribution >= 4 is 17.1 Å². The van der Waals surface area contributed by atoms with Gasteiger partial charge in [-0.2, -0.15) is 0 Å². The second kappa shape index (κ2) is 7.82. The highest BCUT2D eigenvalue weighted by Crippen LogP contribution is 2.29. The van der Waals surface area contributed by atoms with Crippen LogP contribution in [0, 0.1) is 0 Å². The van der Waals surface area contributed by atoms with Gasteiger partial charge in [0.2, 0.25) is 0 Å². The summed E-state index contributed by atoms with van der Waals surface area (Å²) in [5, 5.41) is 0. The van der Waals surface area contributed by atoms with Crippen LogP contribution < -0.4 is 0 Å². The predicted octanol–water partition coefficient (Wildman–Crippen LogP) is 4.92. The molecule has 142 valence electrons. The van der Waals surface area contributed by atoms with Gasteiger partial charge in [0.1, 0.15) is 0 Å². The average Bonchev–Trinajstić information content (AvgIpc) is 2.97. The van der Waals surface area contributed by atoms with Crippen molar-refractivity contribution < 1.29 is 9.53 Å². The SMILES string of the molecule is CC(C)N(C(=O)OC(c1ccccc1)c1nc2ccccc2n1C)C(C)C. The number of para-hydroxylation sites is 2. The van der Waals surface area contributed by atoms with Gasteiger partial charge in [-0.25, -0.2) is 9.78 Å². The zero-order chi connectivity index (χ0) is 19.6. The summed E-state index contributed by atoms with van der Waals surface area (Å²) in [5.41, 5.74) is 2.79. The molecular weight excluding hydrogens is 338 g/mol. The Kier molecular flexibility index (Phi) is 5.49. The number of nitrogens with zero attached hydrogens (tertiary/aromatic N) is 3. The zero-order valence-corrected chi connectivity index (χ0v) is 16.6. The maximum absolute atomic E-state index is 13.0. The zero-order valence-electron chi connectivity index (χ0n) is 16.6. The van der Waals surface area contributed by atoms with Gasteiger partial charge in [-0.05, 0) is 39.8 Å². The van der Waals surface area contributed by atoms with Gasteiger partial charge in [0, 0.05) is 24.7 Å². The van der Waals surface area contributed by atoms with E-state index in [9.17, 15) is 4.79 Å². The lowest BCUT2D eigenvalue weighted by Gasteiger charge is -2.31. The highest BCUT2D eigenvalue weighted by atomic mass is 16.6. The third-order valence-corrected chi connectivity index (χ3v) is 4.70. The van der Waals surface area contributed by atoms with Crippen molar-refractivity contribution in [1.29, 1.82) is 0 Å². The maximum atomic E-state index is 13.0. The number of aryl methyl sites for hydroxylation is 1. The van der Waals surface area contributed by atoms with Crippen molar-refractivity contribution in [1.82, 2.24) is 14.5 Å². The molecule has 0 aliphatic carbocycles. The van der Waals surface area contributed by atoms with E-state index < -0.39 is 6.10 Å². The van der Waals surface area contributed by atoms with Crippen LogP contribution in [0.2, 0.25) is 0 Å². The highest BCUT2D eigenvalue weighted by Gasteiger charge is 2.29. The Balaban J connectivity index is 2.04. The van der Waals surface area contributed by atoms with E-state index in [2.05, 4.69) is 0 Å². The third-order valence-electron chi connectivity index (χ3n) is 4.70. The van der Waals surface area contributed by atoms with Gasteiger partial charge in [-0.15, -0.1) is 0 Å². The molecule has 0 spiro atoms. The molecule has 0 bridgehead atoms. The fraction of sp³-hybridized carbons (Fsp3) is 0.364. The third kappa shape index (κ3) is 3.82. The fourth-order valence-electron chi connectivity index (χ4n) is 3.48. The van der Waals surface area contributed by atoms with E-state index in [1.165, 1.54) is 0 Å². The smallest absolute Gasteiger partial charge is 0.411 e. The van der Waals surface area contributed by atoms with Crippen LogP contribution in [-0.4, -0.2) is 32.6 Å². The normalized spacial score (nSPS) is 12.6. The van der Waals surface area contributed by atoms with Gasteiger partial charge in [-0.1, -0.05) is 42.5 Å². The molecule has 5 nitrogen and oxygen atoms in total. The van der Waals surface area contributed by atoms with Gasteiger partial charge in [0.15, 0.2) is 11.9 Å². The lowest BCUT2D eigenvalue weighted by Crippen LogP contribution is -2.43. The summed E-state index contributed by atoms with van der Waals surface area (Å²) < 4.78 is 8.02. The first-order valence-corrected chi connectivity index (χ1v) is 9.35. The second-order valence-electron chi connectivity index (χ2n) is 7.29. The number of imidazole rings is 1. The molecule has 1 amide bonds. The Morgan fingerprint density at radius 3 is 2.15 bits per heavy atom. The molecule has 1 atom stereocenters. The van der Waals surface area contributed by atoms with E-state index in [1.807, 2.05) is 93.9 Å². The lowest BCUT2D eigenvalue weighted by atomic mass is 10.1. The summed E-state index contributed by atoms with van der Waals surface area (Å²) >= 11 is 0. The van der Waals surface area contributed by atoms with E-state index in [1.54, 1.807) is 4.90 Å². The van der Waals surface area contributed by atoms with Crippen LogP contribution in [0.5, 0.6) is 0 Å². The molecule has 2 aromatic carbocycles. The topological polar surface area (TPSA) is 47.4 Å². The summed E-state index contributed by atoms with van der Waals surface area (Å²) in [4.78, 5) is 19.5. The molecular formula is C22H27N3O2. The van der Waals surface area contributed by atoms with Gasteiger partial charge < -0.3 is 14.2 Å². The number of fused-ring (bicyclic) bond motifs is 1. The van der Waals surface area contributed by atoms with Crippen LogP contribution in [0.15, 0.2) is 54.6 Å². The Morgan fingerprint density at radius 2 is 1.56 bits per heavy atom. The number of carbonyl (C=O) groups is 1. The molecule has 0 fully saturated rings. The molecule has 0 aliphatic heterocycles. The van der Waals surface area contributed by atoms with Crippen molar-refractivity contribution in [2.75, 3.05) is 0 Å². The highest BCUT2D eigenvalue weighted by molar-refractivity contribution is 5.76. The van der Waals surface area contributed by atoms with E-state index in [0.29, 0.717) is 5.82 Å². The number of hydrogen-bond acceptors (Lipinski definition) is 3. The van der Waals surface area contributed by atoms with Crippen molar-refractivity contribution in [3.05, 3.63) is 66.0 Å². The Bertz CT molecular complexity index is 908. The van der Waals surface area contributed by atoms with E-state index in [4.69, 9.17) is 9.72 Å². The number of rotatable bonds is 5. The maximum Gasteiger partial charge on any atom is 0.411 e. The number of amides is 1. The minimum Gasteiger partial charge on any atom is -0.433 e. The molecule has 3 aromatic rings. The lowest BCUT2D eigenvalue weighted by molar-refractivity contribution is 0.0544. The summed E-state index contributed by atoms with van der Waals surface area (Å²) in [7, 11) is 1.96. The number of aromatic nitrogens is 2. The average molecular weight is 365 g/mol. The Hall–Kier alpha value is -2.82. The summed E-state index contributed by atoms with van der Waals surface area (Å²) in [5.74, 6) is 0.711. The Morgan fingerprint density at radius 1 is 0.963 bits per heavy atom. The van der Waals surface area contributed by atoms with E-state index in [-0.39, 0.29) is 18.2 Å². The van der Waals surface area contributed by atoms with Crippen molar-refractivity contribution in [3.63, 3.8) is 0 Å². The quantitative estimate of drug-likeness (QED) is 0.645. The first-order valence-electron chi connectivity index (χ1n) is 9.35. The largest absolute Gasteiger partial charge is 0.433 e. The number of carbonyl (C=O) groups excluding carboxylic acids is 1. The number of hydrogen-bond donors (Lipinski definition) is 0. The molecule has 0 aliphatic rings. The molecule has 3 rings (SSSR count). The Labute approximate surface area is 160 Å². The van der Waals surface area contributed by atoms with Crippen LogP contribution in [0.25, 0.3) is 11.0 Å². The van der Waals surface area contributed by atoms with Gasteiger partial charge in [0.05, 0.1) is 11.0 Å². The second-order valence-corrected chi connectivity index (χ2v) is 7.29. The fourth-order valence-corrected chi connectivity index (χ4v) is 3.48. The molecule has 0 N–H and O–H groups in total. The van der Waals surface area contributed by atoms with Crippen LogP contribution >= 0.6 is 0 Å². The molecule has 1 aromatic heterocycles. The monoisotopic (exact) mass is 365 g/mol. The number of ether oxygens (including phenoxy) is 1. The molecule has 0 saturated heterocycles. The predicted molar refractivity (Wildman–Crippen MR) is 108 cm³/mol. The molecule has 0 radical (unpaired) electrons. The molecule has 1 unspecified atom stereocenters. The summed E-state index contributed by atoms with van der Waals surface area (Å²) in [6, 6.07) is 17.8. The summed E-state index contributed by atoms with van der Waals surface area (Å²) in [6.45, 7) is 7.98. The van der Waals surface area contributed by atoms with Gasteiger partial charge in [-0.3, -0.25) is 0 Å². The van der Waals surface area contributed by atoms with E-state index in [0.717, 1.165) is 16.6 Å². The molecule has 5 heteroatoms. The van der Waals surface area contributed by atoms with Gasteiger partial charge >= 0.3 is 6.09 Å². The van der Waals surface area contributed by atoms with Crippen molar-refractivity contribution in [3.8, 4) is 0 Å². The summed E-state index contributed by atoms with van der Waals surface area (Å²) in [6.07, 6.45) is -0.906. The first kappa shape index (κ1) is 19.0. The van der Waals surface area contributed by atoms with Crippen LogP contribution in [-0.2, 0) is 11.8 Å². The van der Waals surface area contributed by atoms with Crippen molar-refractivity contribution in [2.45, 2.75) is 45.9 Å². The molecule has 1 heterocycles. The number of benzene rings is 2. The van der Waals surface area contributed by atoms with Gasteiger partial charge in [0.25, 0.3) is 0 Å². The minimum atomic E-state index is -0.573. The first-order chi connectivity index (χ1) is 12.9. The van der Waals surface area contributed by atoms with E-state index >= 15 is 0 Å². The standard InChI is InChI=1S/C22H27N3O2/c1-15(2)25(16(3)4)22(26)27-20(17-11-7-6-8-12-17)21-23-18-13-9-10-14-19(18)24(21)5/h6-16,20H,1-5H3. The van der Waals surface area contributed by atoms with Crippen molar-refractivity contribution in [2.24, 2.45) is 7.05 Å². The van der Waals surface area contributed by atoms with Crippen LogP contribution in [0.4, 0.5) is 4.79 Å². The molecule has 0 saturated carbocycles. The van der Waals surface area contributed by atoms with Crippen LogP contribution in [0.3, 0.4) is 0 Å². The van der Waals surface area contributed by atoms with Crippen LogP contribution in [0.1, 0.15) is 45.2 Å². The minimum absolute atomic E-state index is 0.0503.